The fraction of sp³-hybridized carbons (Fsp3) is 0.361. The van der Waals surface area contributed by atoms with E-state index in [2.05, 4.69) is 65.1 Å². The largest absolute Gasteiger partial charge is 0.412 e. The van der Waals surface area contributed by atoms with E-state index in [-0.39, 0.29) is 40.2 Å². The predicted molar refractivity (Wildman–Crippen MR) is 201 cm³/mol. The maximum absolute atomic E-state index is 14.1. The minimum atomic E-state index is -3.87. The van der Waals surface area contributed by atoms with Gasteiger partial charge in [0.2, 0.25) is 0 Å². The molecule has 1 fully saturated rings. The van der Waals surface area contributed by atoms with Gasteiger partial charge < -0.3 is 24.4 Å². The van der Waals surface area contributed by atoms with E-state index >= 15 is 0 Å². The first kappa shape index (κ1) is 36.0. The van der Waals surface area contributed by atoms with Gasteiger partial charge >= 0.3 is 0 Å². The summed E-state index contributed by atoms with van der Waals surface area (Å²) in [5, 5.41) is 3.02. The Morgan fingerprint density at radius 1 is 1.08 bits per heavy atom. The van der Waals surface area contributed by atoms with Crippen molar-refractivity contribution >= 4 is 57.4 Å². The molecule has 50 heavy (non-hydrogen) atoms. The van der Waals surface area contributed by atoms with Crippen molar-refractivity contribution in [3.63, 3.8) is 0 Å². The number of carbonyl (C=O) groups excluding carboxylic acids is 1. The van der Waals surface area contributed by atoms with E-state index in [0.717, 1.165) is 15.6 Å². The fourth-order valence-corrected chi connectivity index (χ4v) is 8.90. The maximum atomic E-state index is 14.1. The zero-order valence-corrected chi connectivity index (χ0v) is 32.3. The third-order valence-corrected chi connectivity index (χ3v) is 16.6. The van der Waals surface area contributed by atoms with Crippen molar-refractivity contribution in [1.29, 1.82) is 0 Å². The molecule has 0 aliphatic carbocycles. The normalized spacial score (nSPS) is 16.2. The molecule has 0 spiro atoms. The zero-order chi connectivity index (χ0) is 35.8. The number of hydrogen-bond donors (Lipinski definition) is 2. The Hall–Kier alpha value is -3.82. The third kappa shape index (κ3) is 7.31. The number of H-pyrrole nitrogens is 1. The molecule has 0 saturated carbocycles. The molecule has 0 unspecified atom stereocenters. The van der Waals surface area contributed by atoms with Crippen molar-refractivity contribution in [2.24, 2.45) is 0 Å². The molecule has 2 aliphatic heterocycles. The Bertz CT molecular complexity index is 2080. The van der Waals surface area contributed by atoms with Crippen molar-refractivity contribution < 1.29 is 22.4 Å². The molecule has 0 radical (unpaired) electrons. The molecule has 0 bridgehead atoms. The van der Waals surface area contributed by atoms with Crippen LogP contribution < -0.4 is 15.2 Å². The molecule has 6 rings (SSSR count). The van der Waals surface area contributed by atoms with Crippen molar-refractivity contribution in [2.45, 2.75) is 56.8 Å². The number of morpholine rings is 1. The van der Waals surface area contributed by atoms with Gasteiger partial charge in [-0.25, -0.2) is 13.4 Å². The fourth-order valence-electron chi connectivity index (χ4n) is 5.82. The average Bonchev–Trinajstić information content (AvgIpc) is 3.08. The first-order chi connectivity index (χ1) is 23.7. The minimum absolute atomic E-state index is 0.0734. The number of ether oxygens (including phenoxy) is 1. The van der Waals surface area contributed by atoms with Crippen LogP contribution in [0.4, 0.5) is 17.2 Å². The number of nitrogens with zero attached hydrogens (tertiary/aromatic N) is 3. The summed E-state index contributed by atoms with van der Waals surface area (Å²) in [4.78, 5) is 35.2. The van der Waals surface area contributed by atoms with E-state index in [4.69, 9.17) is 9.16 Å². The number of sulfonamides is 1. The van der Waals surface area contributed by atoms with E-state index in [9.17, 15) is 18.0 Å². The summed E-state index contributed by atoms with van der Waals surface area (Å²) in [6.07, 6.45) is 3.67. The van der Waals surface area contributed by atoms with Gasteiger partial charge in [0.15, 0.2) is 8.32 Å². The molecule has 2 aliphatic rings. The maximum Gasteiger partial charge on any atom is 0.271 e. The molecule has 14 heteroatoms. The molecule has 2 aromatic heterocycles. The van der Waals surface area contributed by atoms with Crippen LogP contribution in [-0.2, 0) is 32.2 Å². The van der Waals surface area contributed by atoms with Gasteiger partial charge in [-0.1, -0.05) is 48.8 Å². The molecule has 1 amide bonds. The van der Waals surface area contributed by atoms with E-state index in [1.54, 1.807) is 41.4 Å². The molecule has 0 atom stereocenters. The van der Waals surface area contributed by atoms with Crippen LogP contribution in [-0.4, -0.2) is 70.4 Å². The number of carbonyl (C=O) groups is 1. The number of fused-ring (bicyclic) bond motifs is 1. The molecule has 4 aromatic rings. The highest BCUT2D eigenvalue weighted by Gasteiger charge is 2.38. The number of aromatic nitrogens is 2. The van der Waals surface area contributed by atoms with Gasteiger partial charge in [0.25, 0.3) is 21.5 Å². The van der Waals surface area contributed by atoms with E-state index in [1.807, 2.05) is 24.3 Å². The Balaban J connectivity index is 1.36. The Morgan fingerprint density at radius 3 is 2.54 bits per heavy atom. The molecular formula is C36H42BrN5O6SSi. The molecule has 2 N–H and O–H groups in total. The summed E-state index contributed by atoms with van der Waals surface area (Å²) in [5.74, 6) is 0.276. The molecule has 2 aromatic carbocycles. The van der Waals surface area contributed by atoms with Crippen molar-refractivity contribution in [3.05, 3.63) is 98.5 Å². The van der Waals surface area contributed by atoms with Crippen LogP contribution in [0.2, 0.25) is 18.1 Å². The van der Waals surface area contributed by atoms with Crippen LogP contribution in [0.1, 0.15) is 42.3 Å². The quantitative estimate of drug-likeness (QED) is 0.189. The standard InChI is InChI=1S/C36H42BrN5O6SSi/c1-36(2,3)50(4,5)48-23-29-28(7-6-8-31(29)42-14-13-24-19-27(37)10-11-32(24)49(42,45)46)26-20-30(34(43)39-22-26)40-33-12-9-25(21-38-33)35(44)41-15-17-47-18-16-41/h6-12,19-22H,13-18,23H2,1-5H3,(H,38,40)(H,39,43). The Labute approximate surface area is 302 Å². The number of aromatic amines is 1. The monoisotopic (exact) mass is 779 g/mol. The topological polar surface area (TPSA) is 134 Å². The van der Waals surface area contributed by atoms with E-state index in [1.165, 1.54) is 10.5 Å². The van der Waals surface area contributed by atoms with E-state index < -0.39 is 18.3 Å². The lowest BCUT2D eigenvalue weighted by Gasteiger charge is -2.37. The molecular weight excluding hydrogens is 738 g/mol. The van der Waals surface area contributed by atoms with Gasteiger partial charge in [0.1, 0.15) is 11.5 Å². The highest BCUT2D eigenvalue weighted by molar-refractivity contribution is 9.10. The lowest BCUT2D eigenvalue weighted by atomic mass is 9.99. The van der Waals surface area contributed by atoms with Crippen LogP contribution in [0.15, 0.2) is 81.2 Å². The third-order valence-electron chi connectivity index (χ3n) is 9.76. The van der Waals surface area contributed by atoms with Crippen LogP contribution in [0, 0.1) is 0 Å². The first-order valence-corrected chi connectivity index (χ1v) is 21.7. The second kappa shape index (κ2) is 14.1. The van der Waals surface area contributed by atoms with Crippen molar-refractivity contribution in [3.8, 4) is 11.1 Å². The smallest absolute Gasteiger partial charge is 0.271 e. The van der Waals surface area contributed by atoms with Crippen LogP contribution in [0.3, 0.4) is 0 Å². The minimum Gasteiger partial charge on any atom is -0.412 e. The lowest BCUT2D eigenvalue weighted by molar-refractivity contribution is 0.0302. The highest BCUT2D eigenvalue weighted by Crippen LogP contribution is 2.41. The summed E-state index contributed by atoms with van der Waals surface area (Å²) in [6.45, 7) is 13.3. The summed E-state index contributed by atoms with van der Waals surface area (Å²) in [7, 11) is -6.14. The SMILES string of the molecule is CC(C)(C)[Si](C)(C)OCc1c(-c2c[nH]c(=O)c(Nc3ccc(C(=O)N4CCOCC4)cn3)c2)cccc1N1CCc2cc(Br)ccc2S1(=O)=O. The van der Waals surface area contributed by atoms with Gasteiger partial charge in [-0.2, -0.15) is 0 Å². The number of benzene rings is 2. The van der Waals surface area contributed by atoms with Gasteiger partial charge in [0.05, 0.1) is 36.0 Å². The van der Waals surface area contributed by atoms with Gasteiger partial charge in [-0.3, -0.25) is 13.9 Å². The molecule has 1 saturated heterocycles. The van der Waals surface area contributed by atoms with Crippen molar-refractivity contribution in [2.75, 3.05) is 42.5 Å². The Kier molecular flexibility index (Phi) is 10.1. The number of anilines is 3. The van der Waals surface area contributed by atoms with Crippen LogP contribution in [0.5, 0.6) is 0 Å². The lowest BCUT2D eigenvalue weighted by Crippen LogP contribution is -2.41. The second-order valence-electron chi connectivity index (χ2n) is 14.0. The summed E-state index contributed by atoms with van der Waals surface area (Å²) < 4.78 is 42.6. The highest BCUT2D eigenvalue weighted by atomic mass is 79.9. The Morgan fingerprint density at radius 2 is 1.84 bits per heavy atom. The number of rotatable bonds is 8. The summed E-state index contributed by atoms with van der Waals surface area (Å²) in [5.41, 5.74) is 3.76. The van der Waals surface area contributed by atoms with Crippen LogP contribution >= 0.6 is 15.9 Å². The summed E-state index contributed by atoms with van der Waals surface area (Å²) >= 11 is 3.47. The zero-order valence-electron chi connectivity index (χ0n) is 28.9. The van der Waals surface area contributed by atoms with E-state index in [0.29, 0.717) is 60.9 Å². The number of hydrogen-bond acceptors (Lipinski definition) is 8. The summed E-state index contributed by atoms with van der Waals surface area (Å²) in [6, 6.07) is 15.9. The van der Waals surface area contributed by atoms with Crippen LogP contribution in [0.25, 0.3) is 11.1 Å². The number of pyridine rings is 2. The van der Waals surface area contributed by atoms with Gasteiger partial charge in [-0.15, -0.1) is 0 Å². The number of nitrogens with one attached hydrogen (secondary N) is 2. The first-order valence-electron chi connectivity index (χ1n) is 16.6. The molecule has 4 heterocycles. The van der Waals surface area contributed by atoms with Gasteiger partial charge in [0, 0.05) is 47.6 Å². The molecule has 264 valence electrons. The van der Waals surface area contributed by atoms with Gasteiger partial charge in [-0.05, 0) is 78.1 Å². The van der Waals surface area contributed by atoms with Crippen molar-refractivity contribution in [1.82, 2.24) is 14.9 Å². The molecule has 11 nitrogen and oxygen atoms in total. The number of halogens is 1. The number of amides is 1. The predicted octanol–water partition coefficient (Wildman–Crippen LogP) is 6.69. The average molecular weight is 781 g/mol. The second-order valence-corrected chi connectivity index (χ2v) is 21.6.